The van der Waals surface area contributed by atoms with Crippen LogP contribution in [-0.2, 0) is 0 Å². The molecule has 1 aromatic rings. The summed E-state index contributed by atoms with van der Waals surface area (Å²) in [5.41, 5.74) is 2.54. The minimum absolute atomic E-state index is 0.472. The summed E-state index contributed by atoms with van der Waals surface area (Å²) in [6.45, 7) is 9.71. The Bertz CT molecular complexity index is 418. The molecule has 1 heterocycles. The average molecular weight is 232 g/mol. The molecule has 0 aliphatic rings. The van der Waals surface area contributed by atoms with Gasteiger partial charge in [-0.05, 0) is 25.5 Å². The van der Waals surface area contributed by atoms with Gasteiger partial charge in [0.1, 0.15) is 11.9 Å². The maximum atomic E-state index is 9.09. The van der Waals surface area contributed by atoms with Gasteiger partial charge in [0.2, 0.25) is 0 Å². The molecular formula is C13H20N4. The lowest BCUT2D eigenvalue weighted by molar-refractivity contribution is 0.602. The van der Waals surface area contributed by atoms with Crippen LogP contribution in [0.4, 0.5) is 5.82 Å². The van der Waals surface area contributed by atoms with Crippen molar-refractivity contribution in [3.8, 4) is 6.07 Å². The third kappa shape index (κ3) is 4.04. The Morgan fingerprint density at radius 1 is 1.35 bits per heavy atom. The first-order valence-electron chi connectivity index (χ1n) is 5.90. The number of rotatable bonds is 5. The number of aromatic nitrogens is 1. The van der Waals surface area contributed by atoms with Gasteiger partial charge in [-0.25, -0.2) is 4.98 Å². The van der Waals surface area contributed by atoms with E-state index in [1.807, 2.05) is 19.9 Å². The Labute approximate surface area is 103 Å². The van der Waals surface area contributed by atoms with Crippen LogP contribution in [-0.4, -0.2) is 24.1 Å². The van der Waals surface area contributed by atoms with E-state index in [-0.39, 0.29) is 0 Å². The van der Waals surface area contributed by atoms with Crippen molar-refractivity contribution in [3.63, 3.8) is 0 Å². The summed E-state index contributed by atoms with van der Waals surface area (Å²) in [6, 6.07) is 4.59. The summed E-state index contributed by atoms with van der Waals surface area (Å²) >= 11 is 0. The van der Waals surface area contributed by atoms with Gasteiger partial charge in [0.25, 0.3) is 0 Å². The predicted molar refractivity (Wildman–Crippen MR) is 70.1 cm³/mol. The molecule has 0 fully saturated rings. The molecule has 17 heavy (non-hydrogen) atoms. The van der Waals surface area contributed by atoms with Gasteiger partial charge in [0.05, 0.1) is 5.56 Å². The third-order valence-corrected chi connectivity index (χ3v) is 2.43. The fourth-order valence-electron chi connectivity index (χ4n) is 1.65. The summed E-state index contributed by atoms with van der Waals surface area (Å²) in [6.07, 6.45) is 0. The predicted octanol–water partition coefficient (Wildman–Crippen LogP) is 1.98. The van der Waals surface area contributed by atoms with Crippen LogP contribution >= 0.6 is 0 Å². The number of anilines is 1. The Morgan fingerprint density at radius 3 is 2.65 bits per heavy atom. The van der Waals surface area contributed by atoms with E-state index in [4.69, 9.17) is 5.26 Å². The van der Waals surface area contributed by atoms with E-state index >= 15 is 0 Å². The Morgan fingerprint density at radius 2 is 2.06 bits per heavy atom. The fraction of sp³-hybridized carbons (Fsp3) is 0.538. The Balaban J connectivity index is 2.67. The van der Waals surface area contributed by atoms with Crippen molar-refractivity contribution < 1.29 is 0 Å². The lowest BCUT2D eigenvalue weighted by atomic mass is 10.1. The highest BCUT2D eigenvalue weighted by Crippen LogP contribution is 2.16. The topological polar surface area (TPSA) is 60.7 Å². The van der Waals surface area contributed by atoms with Gasteiger partial charge in [-0.1, -0.05) is 13.8 Å². The summed E-state index contributed by atoms with van der Waals surface area (Å²) in [5, 5.41) is 15.6. The highest BCUT2D eigenvalue weighted by Gasteiger charge is 2.07. The first-order valence-corrected chi connectivity index (χ1v) is 5.90. The minimum Gasteiger partial charge on any atom is -0.368 e. The number of hydrogen-bond donors (Lipinski definition) is 2. The van der Waals surface area contributed by atoms with Crippen molar-refractivity contribution >= 4 is 5.82 Å². The maximum absolute atomic E-state index is 9.09. The molecule has 4 nitrogen and oxygen atoms in total. The van der Waals surface area contributed by atoms with E-state index in [0.29, 0.717) is 17.4 Å². The van der Waals surface area contributed by atoms with Crippen molar-refractivity contribution in [1.82, 2.24) is 10.3 Å². The van der Waals surface area contributed by atoms with Gasteiger partial charge in [-0.3, -0.25) is 0 Å². The van der Waals surface area contributed by atoms with Crippen molar-refractivity contribution in [2.45, 2.75) is 33.7 Å². The van der Waals surface area contributed by atoms with Gasteiger partial charge < -0.3 is 10.6 Å². The molecule has 0 unspecified atom stereocenters. The van der Waals surface area contributed by atoms with Crippen molar-refractivity contribution in [3.05, 3.63) is 22.9 Å². The molecule has 92 valence electrons. The molecule has 4 heteroatoms. The zero-order valence-corrected chi connectivity index (χ0v) is 11.0. The van der Waals surface area contributed by atoms with Crippen molar-refractivity contribution in [2.75, 3.05) is 18.4 Å². The van der Waals surface area contributed by atoms with E-state index in [9.17, 15) is 0 Å². The number of pyridine rings is 1. The van der Waals surface area contributed by atoms with E-state index in [2.05, 4.69) is 35.5 Å². The number of nitrogens with zero attached hydrogens (tertiary/aromatic N) is 2. The molecule has 0 aromatic carbocycles. The third-order valence-electron chi connectivity index (χ3n) is 2.43. The molecule has 2 N–H and O–H groups in total. The zero-order chi connectivity index (χ0) is 12.8. The summed E-state index contributed by atoms with van der Waals surface area (Å²) in [5.74, 6) is 0.690. The second kappa shape index (κ2) is 6.21. The van der Waals surface area contributed by atoms with Crippen LogP contribution in [0.3, 0.4) is 0 Å². The molecular weight excluding hydrogens is 212 g/mol. The number of hydrogen-bond acceptors (Lipinski definition) is 4. The summed E-state index contributed by atoms with van der Waals surface area (Å²) in [4.78, 5) is 4.36. The van der Waals surface area contributed by atoms with Crippen LogP contribution in [0.1, 0.15) is 30.7 Å². The van der Waals surface area contributed by atoms with Gasteiger partial charge in [0, 0.05) is 24.8 Å². The first-order chi connectivity index (χ1) is 8.04. The molecule has 0 bridgehead atoms. The normalized spacial score (nSPS) is 10.4. The standard InChI is InChI=1S/C13H20N4/c1-9(2)15-5-6-16-13-12(8-14)10(3)7-11(4)17-13/h7,9,15H,5-6H2,1-4H3,(H,16,17). The second-order valence-corrected chi connectivity index (χ2v) is 4.45. The van der Waals surface area contributed by atoms with Crippen LogP contribution in [0.5, 0.6) is 0 Å². The quantitative estimate of drug-likeness (QED) is 0.762. The molecule has 0 saturated carbocycles. The number of nitrogens with one attached hydrogen (secondary N) is 2. The van der Waals surface area contributed by atoms with E-state index in [0.717, 1.165) is 24.3 Å². The molecule has 0 radical (unpaired) electrons. The molecule has 1 aromatic heterocycles. The molecule has 0 atom stereocenters. The van der Waals surface area contributed by atoms with Gasteiger partial charge in [0.15, 0.2) is 0 Å². The van der Waals surface area contributed by atoms with Crippen LogP contribution in [0, 0.1) is 25.2 Å². The molecule has 0 saturated heterocycles. The SMILES string of the molecule is Cc1cc(C)c(C#N)c(NCCNC(C)C)n1. The van der Waals surface area contributed by atoms with Crippen LogP contribution < -0.4 is 10.6 Å². The largest absolute Gasteiger partial charge is 0.368 e. The van der Waals surface area contributed by atoms with Crippen LogP contribution in [0.15, 0.2) is 6.07 Å². The summed E-state index contributed by atoms with van der Waals surface area (Å²) < 4.78 is 0. The van der Waals surface area contributed by atoms with Gasteiger partial charge >= 0.3 is 0 Å². The monoisotopic (exact) mass is 232 g/mol. The molecule has 0 aliphatic heterocycles. The second-order valence-electron chi connectivity index (χ2n) is 4.45. The van der Waals surface area contributed by atoms with E-state index in [1.165, 1.54) is 0 Å². The zero-order valence-electron chi connectivity index (χ0n) is 11.0. The van der Waals surface area contributed by atoms with Crippen molar-refractivity contribution in [2.24, 2.45) is 0 Å². The van der Waals surface area contributed by atoms with E-state index < -0.39 is 0 Å². The molecule has 1 rings (SSSR count). The fourth-order valence-corrected chi connectivity index (χ4v) is 1.65. The highest BCUT2D eigenvalue weighted by atomic mass is 15.0. The highest BCUT2D eigenvalue weighted by molar-refractivity contribution is 5.56. The van der Waals surface area contributed by atoms with Gasteiger partial charge in [-0.15, -0.1) is 0 Å². The minimum atomic E-state index is 0.472. The van der Waals surface area contributed by atoms with Crippen LogP contribution in [0.2, 0.25) is 0 Å². The van der Waals surface area contributed by atoms with Gasteiger partial charge in [-0.2, -0.15) is 5.26 Å². The first kappa shape index (κ1) is 13.5. The molecule has 0 amide bonds. The maximum Gasteiger partial charge on any atom is 0.144 e. The lowest BCUT2D eigenvalue weighted by Crippen LogP contribution is -2.28. The number of nitriles is 1. The molecule has 0 spiro atoms. The number of aryl methyl sites for hydroxylation is 2. The van der Waals surface area contributed by atoms with Crippen molar-refractivity contribution in [1.29, 1.82) is 5.26 Å². The summed E-state index contributed by atoms with van der Waals surface area (Å²) in [7, 11) is 0. The Kier molecular flexibility index (Phi) is 4.92. The van der Waals surface area contributed by atoms with Crippen LogP contribution in [0.25, 0.3) is 0 Å². The lowest BCUT2D eigenvalue weighted by Gasteiger charge is -2.12. The molecule has 0 aliphatic carbocycles. The Hall–Kier alpha value is -1.60. The smallest absolute Gasteiger partial charge is 0.144 e. The van der Waals surface area contributed by atoms with E-state index in [1.54, 1.807) is 0 Å². The average Bonchev–Trinajstić information content (AvgIpc) is 2.23.